The number of ether oxygens (including phenoxy) is 1. The average Bonchev–Trinajstić information content (AvgIpc) is 2.90. The number of benzene rings is 5. The van der Waals surface area contributed by atoms with Gasteiger partial charge < -0.3 is 4.74 Å². The zero-order valence-corrected chi connectivity index (χ0v) is 20.0. The number of hydrogen-bond acceptors (Lipinski definition) is 1. The van der Waals surface area contributed by atoms with E-state index < -0.39 is 17.6 Å². The van der Waals surface area contributed by atoms with E-state index in [9.17, 15) is 17.6 Å². The van der Waals surface area contributed by atoms with Crippen molar-refractivity contribution >= 4 is 11.6 Å². The predicted octanol–water partition coefficient (Wildman–Crippen LogP) is 10.3. The molecule has 37 heavy (non-hydrogen) atoms. The van der Waals surface area contributed by atoms with E-state index in [1.165, 1.54) is 24.3 Å². The molecule has 6 heteroatoms. The molecular formula is C31H19ClF4O. The smallest absolute Gasteiger partial charge is 0.417 e. The minimum atomic E-state index is -4.61. The summed E-state index contributed by atoms with van der Waals surface area (Å²) >= 11 is 6.10. The van der Waals surface area contributed by atoms with Crippen LogP contribution in [0.5, 0.6) is 11.5 Å². The molecule has 0 saturated carbocycles. The van der Waals surface area contributed by atoms with Crippen molar-refractivity contribution in [3.05, 3.63) is 132 Å². The fourth-order valence-electron chi connectivity index (χ4n) is 4.29. The topological polar surface area (TPSA) is 9.23 Å². The van der Waals surface area contributed by atoms with Gasteiger partial charge in [0.1, 0.15) is 17.3 Å². The molecular weight excluding hydrogens is 500 g/mol. The van der Waals surface area contributed by atoms with Gasteiger partial charge in [0.15, 0.2) is 0 Å². The maximum atomic E-state index is 14.2. The molecule has 0 aliphatic carbocycles. The van der Waals surface area contributed by atoms with E-state index in [4.69, 9.17) is 16.3 Å². The number of para-hydroxylation sites is 1. The van der Waals surface area contributed by atoms with Crippen LogP contribution in [0.25, 0.3) is 33.4 Å². The molecule has 0 aliphatic rings. The van der Waals surface area contributed by atoms with Crippen LogP contribution in [0.3, 0.4) is 0 Å². The standard InChI is InChI=1S/C31H19ClF4O/c32-22-14-10-20(11-15-22)25-18-19-28(37-24-6-2-1-3-7-24)30(29(25)21-12-16-23(33)17-13-21)26-8-4-5-9-27(26)31(34,35)36/h1-19H. The summed E-state index contributed by atoms with van der Waals surface area (Å²) in [5, 5.41) is 0.527. The SMILES string of the molecule is Fc1ccc(-c2c(-c3ccc(Cl)cc3)ccc(Oc3ccccc3)c2-c2ccccc2C(F)(F)F)cc1. The Morgan fingerprint density at radius 1 is 0.568 bits per heavy atom. The van der Waals surface area contributed by atoms with Crippen molar-refractivity contribution in [3.63, 3.8) is 0 Å². The van der Waals surface area contributed by atoms with Crippen LogP contribution in [0.2, 0.25) is 5.02 Å². The molecule has 0 amide bonds. The maximum absolute atomic E-state index is 14.2. The first-order valence-corrected chi connectivity index (χ1v) is 11.8. The third kappa shape index (κ3) is 5.23. The van der Waals surface area contributed by atoms with Crippen LogP contribution in [0.1, 0.15) is 5.56 Å². The molecule has 0 N–H and O–H groups in total. The molecule has 0 aromatic heterocycles. The van der Waals surface area contributed by atoms with Gasteiger partial charge in [0, 0.05) is 16.1 Å². The summed E-state index contributed by atoms with van der Waals surface area (Å²) in [6.45, 7) is 0. The monoisotopic (exact) mass is 518 g/mol. The van der Waals surface area contributed by atoms with Crippen molar-refractivity contribution in [1.82, 2.24) is 0 Å². The normalized spacial score (nSPS) is 11.4. The molecule has 0 fully saturated rings. The van der Waals surface area contributed by atoms with Crippen LogP contribution in [-0.4, -0.2) is 0 Å². The highest BCUT2D eigenvalue weighted by Gasteiger charge is 2.35. The maximum Gasteiger partial charge on any atom is 0.417 e. The lowest BCUT2D eigenvalue weighted by Crippen LogP contribution is -2.08. The van der Waals surface area contributed by atoms with E-state index in [0.717, 1.165) is 11.6 Å². The first kappa shape index (κ1) is 24.6. The van der Waals surface area contributed by atoms with E-state index in [2.05, 4.69) is 0 Å². The molecule has 0 radical (unpaired) electrons. The van der Waals surface area contributed by atoms with Crippen LogP contribution in [0.15, 0.2) is 115 Å². The Labute approximate surface area is 216 Å². The van der Waals surface area contributed by atoms with Gasteiger partial charge in [-0.1, -0.05) is 78.3 Å². The van der Waals surface area contributed by atoms with E-state index in [1.807, 2.05) is 6.07 Å². The molecule has 0 atom stereocenters. The third-order valence-electron chi connectivity index (χ3n) is 5.93. The Morgan fingerprint density at radius 3 is 1.86 bits per heavy atom. The van der Waals surface area contributed by atoms with Crippen molar-refractivity contribution in [3.8, 4) is 44.9 Å². The molecule has 184 valence electrons. The summed E-state index contributed by atoms with van der Waals surface area (Å²) in [5.41, 5.74) is 1.80. The van der Waals surface area contributed by atoms with E-state index in [0.29, 0.717) is 27.5 Å². The van der Waals surface area contributed by atoms with Gasteiger partial charge >= 0.3 is 6.18 Å². The second-order valence-electron chi connectivity index (χ2n) is 8.33. The highest BCUT2D eigenvalue weighted by molar-refractivity contribution is 6.30. The van der Waals surface area contributed by atoms with E-state index in [1.54, 1.807) is 78.9 Å². The summed E-state index contributed by atoms with van der Waals surface area (Å²) in [4.78, 5) is 0. The van der Waals surface area contributed by atoms with Crippen molar-refractivity contribution in [1.29, 1.82) is 0 Å². The second-order valence-corrected chi connectivity index (χ2v) is 8.77. The number of hydrogen-bond donors (Lipinski definition) is 0. The van der Waals surface area contributed by atoms with Gasteiger partial charge in [-0.15, -0.1) is 0 Å². The Kier molecular flexibility index (Phi) is 6.72. The Balaban J connectivity index is 1.88. The first-order valence-electron chi connectivity index (χ1n) is 11.4. The Bertz CT molecular complexity index is 1530. The van der Waals surface area contributed by atoms with Gasteiger partial charge in [-0.25, -0.2) is 4.39 Å². The molecule has 1 nitrogen and oxygen atoms in total. The summed E-state index contributed by atoms with van der Waals surface area (Å²) < 4.78 is 62.8. The van der Waals surface area contributed by atoms with Crippen molar-refractivity contribution in [2.75, 3.05) is 0 Å². The van der Waals surface area contributed by atoms with Crippen LogP contribution in [0.4, 0.5) is 17.6 Å². The molecule has 0 saturated heterocycles. The zero-order valence-electron chi connectivity index (χ0n) is 19.3. The number of alkyl halides is 3. The van der Waals surface area contributed by atoms with E-state index >= 15 is 0 Å². The quantitative estimate of drug-likeness (QED) is 0.210. The Hall–Kier alpha value is -4.09. The van der Waals surface area contributed by atoms with Gasteiger partial charge in [-0.05, 0) is 70.8 Å². The zero-order chi connectivity index (χ0) is 26.0. The number of rotatable bonds is 5. The molecule has 0 spiro atoms. The summed E-state index contributed by atoms with van der Waals surface area (Å²) in [7, 11) is 0. The van der Waals surface area contributed by atoms with Crippen molar-refractivity contribution < 1.29 is 22.3 Å². The van der Waals surface area contributed by atoms with Crippen molar-refractivity contribution in [2.45, 2.75) is 6.18 Å². The van der Waals surface area contributed by atoms with Crippen LogP contribution in [-0.2, 0) is 6.18 Å². The Morgan fingerprint density at radius 2 is 1.19 bits per heavy atom. The van der Waals surface area contributed by atoms with Gasteiger partial charge in [-0.3, -0.25) is 0 Å². The predicted molar refractivity (Wildman–Crippen MR) is 139 cm³/mol. The van der Waals surface area contributed by atoms with Gasteiger partial charge in [0.25, 0.3) is 0 Å². The lowest BCUT2D eigenvalue weighted by Gasteiger charge is -2.22. The molecule has 5 rings (SSSR count). The molecule has 5 aromatic rings. The second kappa shape index (κ2) is 10.1. The molecule has 0 heterocycles. The largest absolute Gasteiger partial charge is 0.457 e. The first-order chi connectivity index (χ1) is 17.8. The fraction of sp³-hybridized carbons (Fsp3) is 0.0323. The van der Waals surface area contributed by atoms with Gasteiger partial charge in [0.2, 0.25) is 0 Å². The summed E-state index contributed by atoms with van der Waals surface area (Å²) in [5.74, 6) is 0.253. The van der Waals surface area contributed by atoms with Crippen LogP contribution < -0.4 is 4.74 Å². The van der Waals surface area contributed by atoms with Gasteiger partial charge in [0.05, 0.1) is 5.56 Å². The lowest BCUT2D eigenvalue weighted by molar-refractivity contribution is -0.137. The van der Waals surface area contributed by atoms with Gasteiger partial charge in [-0.2, -0.15) is 13.2 Å². The molecule has 0 aliphatic heterocycles. The third-order valence-corrected chi connectivity index (χ3v) is 6.18. The van der Waals surface area contributed by atoms with E-state index in [-0.39, 0.29) is 16.9 Å². The number of halogens is 5. The lowest BCUT2D eigenvalue weighted by atomic mass is 9.85. The summed E-state index contributed by atoms with van der Waals surface area (Å²) in [6.07, 6.45) is -4.61. The van der Waals surface area contributed by atoms with Crippen LogP contribution in [0, 0.1) is 5.82 Å². The minimum Gasteiger partial charge on any atom is -0.457 e. The minimum absolute atomic E-state index is 0.0453. The molecule has 5 aromatic carbocycles. The molecule has 0 unspecified atom stereocenters. The highest BCUT2D eigenvalue weighted by atomic mass is 35.5. The average molecular weight is 519 g/mol. The van der Waals surface area contributed by atoms with Crippen molar-refractivity contribution in [2.24, 2.45) is 0 Å². The fourth-order valence-corrected chi connectivity index (χ4v) is 4.41. The van der Waals surface area contributed by atoms with Crippen LogP contribution >= 0.6 is 11.6 Å². The highest BCUT2D eigenvalue weighted by Crippen LogP contribution is 2.49. The summed E-state index contributed by atoms with van der Waals surface area (Å²) in [6, 6.07) is 30.3. The molecule has 0 bridgehead atoms.